The van der Waals surface area contributed by atoms with Crippen LogP contribution in [0.25, 0.3) is 22.5 Å². The van der Waals surface area contributed by atoms with Crippen LogP contribution in [0.5, 0.6) is 0 Å². The van der Waals surface area contributed by atoms with Gasteiger partial charge in [0.05, 0.1) is 9.92 Å². The zero-order valence-electron chi connectivity index (χ0n) is 14.7. The smallest absolute Gasteiger partial charge is 0.338 e. The predicted octanol–water partition coefficient (Wildman–Crippen LogP) is 3.32. The van der Waals surface area contributed by atoms with Crippen LogP contribution in [0.4, 0.5) is 9.18 Å². The van der Waals surface area contributed by atoms with Gasteiger partial charge < -0.3 is 10.2 Å². The molecule has 8 nitrogen and oxygen atoms in total. The third kappa shape index (κ3) is 4.40. The molecule has 0 radical (unpaired) electrons. The molecule has 2 aromatic carbocycles. The Morgan fingerprint density at radius 1 is 1.17 bits per heavy atom. The molecule has 0 unspecified atom stereocenters. The molecule has 0 saturated heterocycles. The number of furan rings is 1. The summed E-state index contributed by atoms with van der Waals surface area (Å²) in [5.41, 5.74) is 5.84. The van der Waals surface area contributed by atoms with Crippen LogP contribution in [0.3, 0.4) is 0 Å². The predicted molar refractivity (Wildman–Crippen MR) is 103 cm³/mol. The third-order valence-corrected chi connectivity index (χ3v) is 5.27. The van der Waals surface area contributed by atoms with Crippen molar-refractivity contribution in [3.8, 4) is 22.5 Å². The first-order valence-electron chi connectivity index (χ1n) is 8.04. The Bertz CT molecular complexity index is 1200. The fraction of sp³-hybridized carbons (Fsp3) is 0.0556. The molecule has 0 spiro atoms. The molecule has 3 rings (SSSR count). The summed E-state index contributed by atoms with van der Waals surface area (Å²) in [5, 5.41) is 15.0. The van der Waals surface area contributed by atoms with Crippen molar-refractivity contribution in [2.75, 3.05) is 0 Å². The summed E-state index contributed by atoms with van der Waals surface area (Å²) in [5.74, 6) is -0.430. The highest BCUT2D eigenvalue weighted by atomic mass is 35.5. The number of carbonyl (C=O) groups excluding carboxylic acids is 1. The lowest BCUT2D eigenvalue weighted by molar-refractivity contribution is -0.0511. The average molecular weight is 440 g/mol. The summed E-state index contributed by atoms with van der Waals surface area (Å²) in [4.78, 5) is 10.9. The van der Waals surface area contributed by atoms with Crippen LogP contribution in [0.1, 0.15) is 5.76 Å². The molecule has 5 N–H and O–H groups in total. The van der Waals surface area contributed by atoms with Crippen molar-refractivity contribution in [3.63, 3.8) is 0 Å². The standard InChI is InChI=1S/C18H15ClFN3O5S/c19-14-7-10(5-6-15(14)20)17-13(8-11(28-17)9-23(25)18(21)24)12-3-1-2-4-16(12)29(22,26)27/h1-8,25H,9H2,(H2,21,24)(H2,22,26,27). The zero-order chi connectivity index (χ0) is 21.3. The first-order valence-corrected chi connectivity index (χ1v) is 9.96. The van der Waals surface area contributed by atoms with E-state index in [1.54, 1.807) is 6.07 Å². The van der Waals surface area contributed by atoms with Crippen molar-refractivity contribution in [2.45, 2.75) is 11.4 Å². The molecule has 1 heterocycles. The van der Waals surface area contributed by atoms with Gasteiger partial charge in [0.1, 0.15) is 23.9 Å². The number of hydroxylamine groups is 2. The SMILES string of the molecule is NC(=O)N(O)Cc1cc(-c2ccccc2S(N)(=O)=O)c(-c2ccc(F)c(Cl)c2)o1. The summed E-state index contributed by atoms with van der Waals surface area (Å²) in [6.07, 6.45) is 0. The van der Waals surface area contributed by atoms with Gasteiger partial charge in [0, 0.05) is 16.7 Å². The van der Waals surface area contributed by atoms with Crippen molar-refractivity contribution in [2.24, 2.45) is 10.9 Å². The van der Waals surface area contributed by atoms with Crippen LogP contribution in [0.15, 0.2) is 57.8 Å². The number of nitrogens with zero attached hydrogens (tertiary/aromatic N) is 1. The van der Waals surface area contributed by atoms with Crippen molar-refractivity contribution < 1.29 is 27.2 Å². The number of urea groups is 1. The second kappa shape index (κ2) is 7.84. The number of carbonyl (C=O) groups is 1. The van der Waals surface area contributed by atoms with Gasteiger partial charge in [-0.05, 0) is 30.3 Å². The number of primary sulfonamides is 1. The van der Waals surface area contributed by atoms with E-state index in [1.165, 1.54) is 36.4 Å². The minimum absolute atomic E-state index is 0.0842. The number of halogens is 2. The van der Waals surface area contributed by atoms with Crippen LogP contribution in [0.2, 0.25) is 5.02 Å². The van der Waals surface area contributed by atoms with E-state index < -0.39 is 28.4 Å². The maximum Gasteiger partial charge on any atom is 0.338 e. The summed E-state index contributed by atoms with van der Waals surface area (Å²) in [6, 6.07) is 10.0. The Kier molecular flexibility index (Phi) is 5.62. The molecular formula is C18H15ClFN3O5S. The Hall–Kier alpha value is -2.92. The lowest BCUT2D eigenvalue weighted by Crippen LogP contribution is -2.31. The fourth-order valence-corrected chi connectivity index (χ4v) is 3.67. The molecule has 0 bridgehead atoms. The number of hydrogen-bond donors (Lipinski definition) is 3. The summed E-state index contributed by atoms with van der Waals surface area (Å²) < 4.78 is 43.3. The van der Waals surface area contributed by atoms with E-state index in [0.29, 0.717) is 5.56 Å². The summed E-state index contributed by atoms with van der Waals surface area (Å²) in [6.45, 7) is -0.408. The van der Waals surface area contributed by atoms with Crippen LogP contribution in [-0.4, -0.2) is 24.7 Å². The van der Waals surface area contributed by atoms with E-state index in [9.17, 15) is 22.8 Å². The Morgan fingerprint density at radius 2 is 1.86 bits per heavy atom. The van der Waals surface area contributed by atoms with Crippen LogP contribution in [0, 0.1) is 5.82 Å². The van der Waals surface area contributed by atoms with Crippen molar-refractivity contribution >= 4 is 27.7 Å². The highest BCUT2D eigenvalue weighted by Crippen LogP contribution is 2.39. The molecule has 3 aromatic rings. The van der Waals surface area contributed by atoms with E-state index >= 15 is 0 Å². The van der Waals surface area contributed by atoms with Gasteiger partial charge in [-0.2, -0.15) is 5.06 Å². The van der Waals surface area contributed by atoms with Gasteiger partial charge >= 0.3 is 6.03 Å². The van der Waals surface area contributed by atoms with Gasteiger partial charge in [-0.15, -0.1) is 0 Å². The molecule has 0 aliphatic rings. The van der Waals surface area contributed by atoms with Gasteiger partial charge in [0.2, 0.25) is 10.0 Å². The Balaban J connectivity index is 2.24. The van der Waals surface area contributed by atoms with Crippen LogP contribution < -0.4 is 10.9 Å². The quantitative estimate of drug-likeness (QED) is 0.413. The second-order valence-electron chi connectivity index (χ2n) is 6.02. The largest absolute Gasteiger partial charge is 0.458 e. The lowest BCUT2D eigenvalue weighted by atomic mass is 10.0. The molecule has 0 atom stereocenters. The number of sulfonamides is 1. The highest BCUT2D eigenvalue weighted by molar-refractivity contribution is 7.89. The van der Waals surface area contributed by atoms with Crippen molar-refractivity contribution in [1.29, 1.82) is 0 Å². The number of amides is 2. The third-order valence-electron chi connectivity index (χ3n) is 4.01. The Morgan fingerprint density at radius 3 is 2.48 bits per heavy atom. The molecule has 2 amide bonds. The van der Waals surface area contributed by atoms with Crippen molar-refractivity contribution in [1.82, 2.24) is 5.06 Å². The number of primary amides is 1. The minimum atomic E-state index is -4.08. The number of rotatable bonds is 5. The van der Waals surface area contributed by atoms with Gasteiger partial charge in [0.25, 0.3) is 0 Å². The monoisotopic (exact) mass is 439 g/mol. The molecule has 0 fully saturated rings. The summed E-state index contributed by atoms with van der Waals surface area (Å²) in [7, 11) is -4.08. The van der Waals surface area contributed by atoms with E-state index in [2.05, 4.69) is 0 Å². The molecule has 0 aliphatic carbocycles. The molecule has 1 aromatic heterocycles. The van der Waals surface area contributed by atoms with Gasteiger partial charge in [-0.25, -0.2) is 22.7 Å². The minimum Gasteiger partial charge on any atom is -0.458 e. The van der Waals surface area contributed by atoms with Gasteiger partial charge in [-0.1, -0.05) is 29.8 Å². The molecule has 0 saturated carbocycles. The number of nitrogens with two attached hydrogens (primary N) is 2. The molecule has 0 aliphatic heterocycles. The van der Waals surface area contributed by atoms with Crippen LogP contribution in [-0.2, 0) is 16.6 Å². The normalized spacial score (nSPS) is 11.4. The molecule has 152 valence electrons. The van der Waals surface area contributed by atoms with Crippen molar-refractivity contribution in [3.05, 3.63) is 65.1 Å². The maximum absolute atomic E-state index is 13.6. The number of benzene rings is 2. The van der Waals surface area contributed by atoms with Gasteiger partial charge in [0.15, 0.2) is 0 Å². The molecular weight excluding hydrogens is 425 g/mol. The number of hydrogen-bond acceptors (Lipinski definition) is 5. The molecule has 11 heteroatoms. The lowest BCUT2D eigenvalue weighted by Gasteiger charge is -2.09. The molecule has 29 heavy (non-hydrogen) atoms. The Labute approximate surface area is 170 Å². The zero-order valence-corrected chi connectivity index (χ0v) is 16.2. The maximum atomic E-state index is 13.6. The summed E-state index contributed by atoms with van der Waals surface area (Å²) >= 11 is 5.86. The average Bonchev–Trinajstić information content (AvgIpc) is 3.07. The first-order chi connectivity index (χ1) is 13.6. The van der Waals surface area contributed by atoms with Gasteiger partial charge in [-0.3, -0.25) is 5.21 Å². The fourth-order valence-electron chi connectivity index (χ4n) is 2.73. The highest BCUT2D eigenvalue weighted by Gasteiger charge is 2.23. The first kappa shape index (κ1) is 20.8. The van der Waals surface area contributed by atoms with E-state index in [1.807, 2.05) is 0 Å². The van der Waals surface area contributed by atoms with Crippen LogP contribution >= 0.6 is 11.6 Å². The van der Waals surface area contributed by atoms with E-state index in [0.717, 1.165) is 6.07 Å². The van der Waals surface area contributed by atoms with E-state index in [4.69, 9.17) is 26.9 Å². The van der Waals surface area contributed by atoms with E-state index in [-0.39, 0.29) is 37.6 Å². The second-order valence-corrected chi connectivity index (χ2v) is 7.96. The topological polar surface area (TPSA) is 140 Å².